The monoisotopic (exact) mass is 535 g/mol. The summed E-state index contributed by atoms with van der Waals surface area (Å²) in [6, 6.07) is 0.690. The van der Waals surface area contributed by atoms with Gasteiger partial charge in [0.15, 0.2) is 5.96 Å². The highest BCUT2D eigenvalue weighted by Gasteiger charge is 2.22. The van der Waals surface area contributed by atoms with Crippen LogP contribution >= 0.6 is 24.0 Å². The number of guanidine groups is 1. The molecule has 0 bridgehead atoms. The van der Waals surface area contributed by atoms with Crippen LogP contribution in [0.3, 0.4) is 0 Å². The van der Waals surface area contributed by atoms with E-state index in [4.69, 9.17) is 9.73 Å². The van der Waals surface area contributed by atoms with E-state index in [0.29, 0.717) is 12.0 Å². The lowest BCUT2D eigenvalue weighted by Gasteiger charge is -2.34. The normalized spacial score (nSPS) is 17.7. The van der Waals surface area contributed by atoms with Crippen molar-refractivity contribution in [2.45, 2.75) is 39.3 Å². The van der Waals surface area contributed by atoms with Gasteiger partial charge in [-0.1, -0.05) is 13.8 Å². The summed E-state index contributed by atoms with van der Waals surface area (Å²) in [6.45, 7) is 12.8. The van der Waals surface area contributed by atoms with Crippen LogP contribution in [0.25, 0.3) is 0 Å². The average Bonchev–Trinajstić information content (AvgIpc) is 3.11. The number of nitrogens with zero attached hydrogens (tertiary/aromatic N) is 5. The number of aryl methyl sites for hydroxylation is 1. The molecule has 0 aliphatic carbocycles. The van der Waals surface area contributed by atoms with E-state index >= 15 is 0 Å². The van der Waals surface area contributed by atoms with Gasteiger partial charge in [0.1, 0.15) is 0 Å². The maximum absolute atomic E-state index is 5.54. The molecule has 0 spiro atoms. The van der Waals surface area contributed by atoms with Crippen LogP contribution < -0.4 is 10.6 Å². The van der Waals surface area contributed by atoms with Gasteiger partial charge in [-0.2, -0.15) is 5.10 Å². The largest absolute Gasteiger partial charge is 0.379 e. The third-order valence-corrected chi connectivity index (χ3v) is 5.31. The van der Waals surface area contributed by atoms with Crippen LogP contribution in [0.4, 0.5) is 0 Å². The summed E-state index contributed by atoms with van der Waals surface area (Å²) < 4.78 is 7.39. The van der Waals surface area contributed by atoms with Crippen LogP contribution in [0, 0.1) is 5.92 Å². The molecule has 30 heavy (non-hydrogen) atoms. The lowest BCUT2D eigenvalue weighted by molar-refractivity contribution is 0.0143. The molecule has 1 aliphatic heterocycles. The molecule has 1 aliphatic rings. The minimum atomic E-state index is 0. The maximum atomic E-state index is 5.54. The van der Waals surface area contributed by atoms with E-state index in [1.807, 2.05) is 17.9 Å². The first-order chi connectivity index (χ1) is 13.9. The first-order valence-electron chi connectivity index (χ1n) is 10.9. The van der Waals surface area contributed by atoms with E-state index in [-0.39, 0.29) is 30.0 Å². The quantitative estimate of drug-likeness (QED) is 0.271. The summed E-state index contributed by atoms with van der Waals surface area (Å²) in [5.74, 6) is 1.53. The molecule has 0 radical (unpaired) electrons. The van der Waals surface area contributed by atoms with Gasteiger partial charge in [0.2, 0.25) is 0 Å². The molecule has 1 fully saturated rings. The highest BCUT2D eigenvalue weighted by Crippen LogP contribution is 2.16. The Morgan fingerprint density at radius 2 is 1.97 bits per heavy atom. The molecule has 9 heteroatoms. The fraction of sp³-hybridized carbons (Fsp3) is 0.810. The average molecular weight is 536 g/mol. The summed E-state index contributed by atoms with van der Waals surface area (Å²) in [7, 11) is 6.15. The lowest BCUT2D eigenvalue weighted by Crippen LogP contribution is -2.47. The Balaban J connectivity index is 0.00000450. The Bertz CT molecular complexity index is 614. The number of rotatable bonds is 10. The van der Waals surface area contributed by atoms with Gasteiger partial charge >= 0.3 is 0 Å². The lowest BCUT2D eigenvalue weighted by atomic mass is 10.0. The number of aromatic nitrogens is 2. The molecule has 0 amide bonds. The minimum Gasteiger partial charge on any atom is -0.379 e. The third kappa shape index (κ3) is 9.07. The van der Waals surface area contributed by atoms with E-state index in [1.165, 1.54) is 5.56 Å². The second-order valence-electron chi connectivity index (χ2n) is 8.46. The fourth-order valence-electron chi connectivity index (χ4n) is 3.77. The molecule has 174 valence electrons. The van der Waals surface area contributed by atoms with Gasteiger partial charge in [0.25, 0.3) is 0 Å². The molecule has 0 aromatic carbocycles. The number of morpholine rings is 1. The molecule has 2 rings (SSSR count). The van der Waals surface area contributed by atoms with Crippen molar-refractivity contribution in [3.63, 3.8) is 0 Å². The first-order valence-corrected chi connectivity index (χ1v) is 10.9. The zero-order valence-electron chi connectivity index (χ0n) is 19.6. The number of hydrogen-bond acceptors (Lipinski definition) is 5. The second kappa shape index (κ2) is 14.2. The van der Waals surface area contributed by atoms with Crippen molar-refractivity contribution >= 4 is 29.9 Å². The topological polar surface area (TPSA) is 70.0 Å². The standard InChI is InChI=1S/C21H41N7O.HI/c1-7-22-21(24-15-20(26(4)5)18-13-25-27(6)16-18)23-14-19(12-17(2)3)28-8-10-29-11-9-28;/h13,16-17,19-20H,7-12,14-15H2,1-6H3,(H2,22,23,24);1H. The van der Waals surface area contributed by atoms with E-state index in [0.717, 1.165) is 58.3 Å². The number of nitrogens with one attached hydrogen (secondary N) is 2. The predicted molar refractivity (Wildman–Crippen MR) is 135 cm³/mol. The van der Waals surface area contributed by atoms with Gasteiger partial charge in [-0.15, -0.1) is 24.0 Å². The smallest absolute Gasteiger partial charge is 0.191 e. The summed E-state index contributed by atoms with van der Waals surface area (Å²) in [6.07, 6.45) is 5.17. The van der Waals surface area contributed by atoms with Crippen molar-refractivity contribution in [3.05, 3.63) is 18.0 Å². The van der Waals surface area contributed by atoms with Crippen LogP contribution in [-0.2, 0) is 11.8 Å². The van der Waals surface area contributed by atoms with Crippen molar-refractivity contribution in [2.75, 3.05) is 60.0 Å². The van der Waals surface area contributed by atoms with Crippen LogP contribution in [0.5, 0.6) is 0 Å². The molecule has 1 saturated heterocycles. The van der Waals surface area contributed by atoms with E-state index in [1.54, 1.807) is 0 Å². The minimum absolute atomic E-state index is 0. The molecule has 1 aromatic heterocycles. The van der Waals surface area contributed by atoms with Crippen molar-refractivity contribution < 1.29 is 4.74 Å². The van der Waals surface area contributed by atoms with Crippen molar-refractivity contribution in [1.29, 1.82) is 0 Å². The summed E-state index contributed by atoms with van der Waals surface area (Å²) in [4.78, 5) is 9.69. The Morgan fingerprint density at radius 1 is 1.27 bits per heavy atom. The molecular formula is C21H42IN7O. The fourth-order valence-corrected chi connectivity index (χ4v) is 3.77. The Hall–Kier alpha value is -0.910. The highest BCUT2D eigenvalue weighted by atomic mass is 127. The van der Waals surface area contributed by atoms with E-state index in [9.17, 15) is 0 Å². The zero-order valence-corrected chi connectivity index (χ0v) is 21.9. The first kappa shape index (κ1) is 27.1. The molecule has 0 saturated carbocycles. The SMILES string of the molecule is CCNC(=NCC(CC(C)C)N1CCOCC1)NCC(c1cnn(C)c1)N(C)C.I. The number of halogens is 1. The van der Waals surface area contributed by atoms with Crippen LogP contribution in [0.15, 0.2) is 17.4 Å². The number of hydrogen-bond donors (Lipinski definition) is 2. The van der Waals surface area contributed by atoms with Gasteiger partial charge in [-0.3, -0.25) is 14.6 Å². The molecule has 2 heterocycles. The highest BCUT2D eigenvalue weighted by molar-refractivity contribution is 14.0. The second-order valence-corrected chi connectivity index (χ2v) is 8.46. The number of aliphatic imine (C=N–C) groups is 1. The van der Waals surface area contributed by atoms with Crippen LogP contribution in [0.1, 0.15) is 38.8 Å². The summed E-state index contributed by atoms with van der Waals surface area (Å²) in [5.41, 5.74) is 1.20. The molecule has 2 atom stereocenters. The van der Waals surface area contributed by atoms with E-state index < -0.39 is 0 Å². The maximum Gasteiger partial charge on any atom is 0.191 e. The number of ether oxygens (including phenoxy) is 1. The number of likely N-dealkylation sites (N-methyl/N-ethyl adjacent to an activating group) is 1. The molecule has 2 N–H and O–H groups in total. The van der Waals surface area contributed by atoms with Gasteiger partial charge < -0.3 is 20.3 Å². The molecule has 2 unspecified atom stereocenters. The predicted octanol–water partition coefficient (Wildman–Crippen LogP) is 1.94. The Morgan fingerprint density at radius 3 is 2.50 bits per heavy atom. The molecule has 8 nitrogen and oxygen atoms in total. The molecular weight excluding hydrogens is 493 g/mol. The van der Waals surface area contributed by atoms with Crippen LogP contribution in [-0.4, -0.2) is 91.6 Å². The Labute approximate surface area is 199 Å². The van der Waals surface area contributed by atoms with Gasteiger partial charge in [0, 0.05) is 51.0 Å². The van der Waals surface area contributed by atoms with Crippen molar-refractivity contribution in [1.82, 2.24) is 30.2 Å². The van der Waals surface area contributed by atoms with Gasteiger partial charge in [-0.25, -0.2) is 0 Å². The zero-order chi connectivity index (χ0) is 21.2. The van der Waals surface area contributed by atoms with Crippen molar-refractivity contribution in [2.24, 2.45) is 18.0 Å². The van der Waals surface area contributed by atoms with Gasteiger partial charge in [-0.05, 0) is 33.4 Å². The summed E-state index contributed by atoms with van der Waals surface area (Å²) in [5, 5.41) is 11.3. The third-order valence-electron chi connectivity index (χ3n) is 5.31. The summed E-state index contributed by atoms with van der Waals surface area (Å²) >= 11 is 0. The van der Waals surface area contributed by atoms with Crippen molar-refractivity contribution in [3.8, 4) is 0 Å². The van der Waals surface area contributed by atoms with E-state index in [2.05, 4.69) is 66.6 Å². The Kier molecular flexibility index (Phi) is 12.8. The van der Waals surface area contributed by atoms with Crippen LogP contribution in [0.2, 0.25) is 0 Å². The molecule has 1 aromatic rings. The van der Waals surface area contributed by atoms with Gasteiger partial charge in [0.05, 0.1) is 32.0 Å².